The van der Waals surface area contributed by atoms with Crippen LogP contribution in [0.5, 0.6) is 0 Å². The zero-order valence-electron chi connectivity index (χ0n) is 20.6. The Hall–Kier alpha value is -3.95. The van der Waals surface area contributed by atoms with E-state index in [-0.39, 0.29) is 46.7 Å². The van der Waals surface area contributed by atoms with Crippen LogP contribution >= 0.6 is 11.6 Å². The van der Waals surface area contributed by atoms with Gasteiger partial charge in [-0.05, 0) is 44.2 Å². The Morgan fingerprint density at radius 2 is 1.85 bits per heavy atom. The number of sulfone groups is 1. The Morgan fingerprint density at radius 1 is 1.15 bits per heavy atom. The van der Waals surface area contributed by atoms with E-state index in [2.05, 4.69) is 20.1 Å². The van der Waals surface area contributed by atoms with E-state index in [1.807, 2.05) is 0 Å². The van der Waals surface area contributed by atoms with Crippen LogP contribution in [0.4, 0.5) is 19.1 Å². The summed E-state index contributed by atoms with van der Waals surface area (Å²) in [5, 5.41) is 2.73. The third-order valence-electron chi connectivity index (χ3n) is 5.71. The molecule has 8 nitrogen and oxygen atoms in total. The van der Waals surface area contributed by atoms with Gasteiger partial charge in [-0.3, -0.25) is 4.79 Å². The number of Topliss-reactive ketones (excluding diaryl/α,β-unsaturated/α-hetero) is 1. The SMILES string of the molecule is [C-]#[N+]CCNc1nccc(C2=C(c3cc(Cl)cc(CS(=O)(=O)c4c(F)cccc4F)c3F)C(=O)C(C)(C)O2)n1. The van der Waals surface area contributed by atoms with Crippen LogP contribution < -0.4 is 5.32 Å². The van der Waals surface area contributed by atoms with Gasteiger partial charge in [0.25, 0.3) is 0 Å². The first-order valence-electron chi connectivity index (χ1n) is 11.4. The number of carbonyl (C=O) groups excluding carboxylic acids is 1. The standard InChI is InChI=1S/C26H20ClF3N4O4S/c1-26(2)24(35)20(22(38-26)19-7-8-32-25(34-19)33-10-9-31-3)16-12-15(27)11-14(21(16)30)13-39(36,37)23-17(28)5-4-6-18(23)29/h4-8,11-12H,9-10,13H2,1-2H3,(H,32,33,34). The van der Waals surface area contributed by atoms with E-state index in [9.17, 15) is 22.0 Å². The van der Waals surface area contributed by atoms with Gasteiger partial charge in [-0.1, -0.05) is 17.7 Å². The van der Waals surface area contributed by atoms with Gasteiger partial charge in [-0.15, -0.1) is 0 Å². The highest BCUT2D eigenvalue weighted by molar-refractivity contribution is 7.90. The van der Waals surface area contributed by atoms with Gasteiger partial charge in [0, 0.05) is 22.3 Å². The zero-order valence-corrected chi connectivity index (χ0v) is 22.1. The summed E-state index contributed by atoms with van der Waals surface area (Å²) < 4.78 is 76.0. The molecule has 0 saturated heterocycles. The van der Waals surface area contributed by atoms with Crippen LogP contribution in [-0.2, 0) is 25.1 Å². The second kappa shape index (κ2) is 10.7. The van der Waals surface area contributed by atoms with E-state index in [0.717, 1.165) is 30.3 Å². The molecule has 0 unspecified atom stereocenters. The molecular formula is C26H20ClF3N4O4S. The molecule has 13 heteroatoms. The van der Waals surface area contributed by atoms with Gasteiger partial charge in [-0.2, -0.15) is 0 Å². The Morgan fingerprint density at radius 3 is 2.51 bits per heavy atom. The Labute approximate surface area is 227 Å². The van der Waals surface area contributed by atoms with Crippen molar-refractivity contribution in [3.8, 4) is 0 Å². The van der Waals surface area contributed by atoms with Gasteiger partial charge in [0.15, 0.2) is 21.2 Å². The highest BCUT2D eigenvalue weighted by atomic mass is 35.5. The molecule has 4 rings (SSSR count). The van der Waals surface area contributed by atoms with E-state index in [4.69, 9.17) is 22.9 Å². The van der Waals surface area contributed by atoms with Gasteiger partial charge < -0.3 is 14.9 Å². The molecule has 3 aromatic rings. The lowest BCUT2D eigenvalue weighted by molar-refractivity contribution is -0.125. The molecule has 0 atom stereocenters. The Balaban J connectivity index is 1.84. The van der Waals surface area contributed by atoms with Crippen molar-refractivity contribution in [2.45, 2.75) is 30.1 Å². The Kier molecular flexibility index (Phi) is 7.68. The van der Waals surface area contributed by atoms with Gasteiger partial charge in [0.1, 0.15) is 28.0 Å². The minimum absolute atomic E-state index is 0.101. The number of rotatable bonds is 8. The Bertz CT molecular complexity index is 1650. The van der Waals surface area contributed by atoms with Crippen molar-refractivity contribution in [1.29, 1.82) is 0 Å². The van der Waals surface area contributed by atoms with E-state index >= 15 is 4.39 Å². The number of hydrogen-bond donors (Lipinski definition) is 1. The summed E-state index contributed by atoms with van der Waals surface area (Å²) in [6.07, 6.45) is 1.38. The van der Waals surface area contributed by atoms with E-state index in [1.165, 1.54) is 26.1 Å². The number of nitrogens with one attached hydrogen (secondary N) is 1. The fraction of sp³-hybridized carbons (Fsp3) is 0.231. The van der Waals surface area contributed by atoms with Crippen LogP contribution in [-0.4, -0.2) is 42.9 Å². The van der Waals surface area contributed by atoms with Crippen LogP contribution in [0.3, 0.4) is 0 Å². The molecule has 1 aliphatic heterocycles. The van der Waals surface area contributed by atoms with Crippen molar-refractivity contribution in [2.75, 3.05) is 18.4 Å². The molecule has 0 amide bonds. The van der Waals surface area contributed by atoms with E-state index in [1.54, 1.807) is 0 Å². The normalized spacial score (nSPS) is 14.7. The maximum Gasteiger partial charge on any atom is 0.231 e. The zero-order chi connectivity index (χ0) is 28.5. The lowest BCUT2D eigenvalue weighted by atomic mass is 9.92. The topological polar surface area (TPSA) is 103 Å². The second-order valence-electron chi connectivity index (χ2n) is 8.96. The summed E-state index contributed by atoms with van der Waals surface area (Å²) in [5.41, 5.74) is -2.44. The van der Waals surface area contributed by atoms with Gasteiger partial charge in [0.2, 0.25) is 18.3 Å². The van der Waals surface area contributed by atoms with Crippen LogP contribution in [0.25, 0.3) is 16.2 Å². The molecule has 1 N–H and O–H groups in total. The molecule has 1 aliphatic rings. The van der Waals surface area contributed by atoms with Gasteiger partial charge in [-0.25, -0.2) is 38.1 Å². The molecule has 0 saturated carbocycles. The van der Waals surface area contributed by atoms with Crippen LogP contribution in [0, 0.1) is 24.0 Å². The van der Waals surface area contributed by atoms with Gasteiger partial charge in [0.05, 0.1) is 17.9 Å². The predicted molar refractivity (Wildman–Crippen MR) is 138 cm³/mol. The monoisotopic (exact) mass is 576 g/mol. The molecule has 2 heterocycles. The van der Waals surface area contributed by atoms with Crippen LogP contribution in [0.2, 0.25) is 5.02 Å². The molecule has 1 aromatic heterocycles. The lowest BCUT2D eigenvalue weighted by Gasteiger charge is -2.17. The summed E-state index contributed by atoms with van der Waals surface area (Å²) in [5.74, 6) is -5.51. The van der Waals surface area contributed by atoms with Crippen molar-refractivity contribution < 1.29 is 31.1 Å². The third-order valence-corrected chi connectivity index (χ3v) is 7.63. The first-order chi connectivity index (χ1) is 18.4. The van der Waals surface area contributed by atoms with Crippen LogP contribution in [0.1, 0.15) is 30.7 Å². The third kappa shape index (κ3) is 5.60. The number of hydrogen-bond acceptors (Lipinski definition) is 7. The first kappa shape index (κ1) is 28.1. The summed E-state index contributed by atoms with van der Waals surface area (Å²) >= 11 is 6.20. The molecule has 0 spiro atoms. The molecule has 202 valence electrons. The maximum absolute atomic E-state index is 15.9. The summed E-state index contributed by atoms with van der Waals surface area (Å²) in [6.45, 7) is 10.2. The van der Waals surface area contributed by atoms with Crippen molar-refractivity contribution in [2.24, 2.45) is 0 Å². The van der Waals surface area contributed by atoms with Crippen LogP contribution in [0.15, 0.2) is 47.5 Å². The van der Waals surface area contributed by atoms with Gasteiger partial charge >= 0.3 is 0 Å². The van der Waals surface area contributed by atoms with Crippen molar-refractivity contribution in [1.82, 2.24) is 9.97 Å². The van der Waals surface area contributed by atoms with E-state index < -0.39 is 54.9 Å². The number of nitrogens with zero attached hydrogens (tertiary/aromatic N) is 3. The average molecular weight is 577 g/mol. The van der Waals surface area contributed by atoms with Crippen molar-refractivity contribution in [3.63, 3.8) is 0 Å². The largest absolute Gasteiger partial charge is 0.477 e. The number of halogens is 4. The quantitative estimate of drug-likeness (QED) is 0.294. The molecule has 0 radical (unpaired) electrons. The molecule has 0 fully saturated rings. The minimum Gasteiger partial charge on any atom is -0.477 e. The smallest absolute Gasteiger partial charge is 0.231 e. The summed E-state index contributed by atoms with van der Waals surface area (Å²) in [4.78, 5) is 23.8. The number of aromatic nitrogens is 2. The molecule has 0 aliphatic carbocycles. The fourth-order valence-corrected chi connectivity index (χ4v) is 5.70. The number of ketones is 1. The average Bonchev–Trinajstić information content (AvgIpc) is 3.10. The second-order valence-corrected chi connectivity index (χ2v) is 11.3. The molecule has 39 heavy (non-hydrogen) atoms. The minimum atomic E-state index is -4.70. The summed E-state index contributed by atoms with van der Waals surface area (Å²) in [7, 11) is -4.70. The number of ether oxygens (including phenoxy) is 1. The predicted octanol–water partition coefficient (Wildman–Crippen LogP) is 5.10. The first-order valence-corrected chi connectivity index (χ1v) is 13.4. The lowest BCUT2D eigenvalue weighted by Crippen LogP contribution is -2.29. The summed E-state index contributed by atoms with van der Waals surface area (Å²) in [6, 6.07) is 6.12. The number of anilines is 1. The highest BCUT2D eigenvalue weighted by Crippen LogP contribution is 2.43. The fourth-order valence-electron chi connectivity index (χ4n) is 3.96. The highest BCUT2D eigenvalue weighted by Gasteiger charge is 2.44. The molecule has 0 bridgehead atoms. The van der Waals surface area contributed by atoms with Crippen molar-refractivity contribution in [3.05, 3.63) is 93.3 Å². The van der Waals surface area contributed by atoms with Crippen molar-refractivity contribution >= 4 is 44.5 Å². The van der Waals surface area contributed by atoms with E-state index in [0.29, 0.717) is 0 Å². The maximum atomic E-state index is 15.9. The molecule has 2 aromatic carbocycles. The number of carbonyl (C=O) groups is 1. The molecular weight excluding hydrogens is 557 g/mol. The number of benzene rings is 2.